The molecule has 0 atom stereocenters. The van der Waals surface area contributed by atoms with E-state index in [0.29, 0.717) is 10.9 Å². The van der Waals surface area contributed by atoms with Gasteiger partial charge in [0.1, 0.15) is 10.3 Å². The molecule has 1 aromatic heterocycles. The number of nitrogens with zero attached hydrogens (tertiary/aromatic N) is 1. The molecular formula is C7H4Br2F3N. The third-order valence-electron chi connectivity index (χ3n) is 1.38. The zero-order chi connectivity index (χ0) is 10.0. The molecule has 0 aliphatic heterocycles. The van der Waals surface area contributed by atoms with Crippen molar-refractivity contribution in [1.82, 2.24) is 4.98 Å². The van der Waals surface area contributed by atoms with Crippen molar-refractivity contribution in [3.63, 3.8) is 0 Å². The van der Waals surface area contributed by atoms with Crippen LogP contribution in [0.25, 0.3) is 0 Å². The summed E-state index contributed by atoms with van der Waals surface area (Å²) in [6.07, 6.45) is -2.89. The molecule has 0 N–H and O–H groups in total. The summed E-state index contributed by atoms with van der Waals surface area (Å²) in [5.41, 5.74) is -0.321. The van der Waals surface area contributed by atoms with E-state index in [-0.39, 0.29) is 4.60 Å². The first-order valence-corrected chi connectivity index (χ1v) is 5.16. The van der Waals surface area contributed by atoms with Gasteiger partial charge in [0.15, 0.2) is 5.82 Å². The van der Waals surface area contributed by atoms with Crippen LogP contribution in [0, 0.1) is 5.82 Å². The van der Waals surface area contributed by atoms with Crippen LogP contribution in [0.15, 0.2) is 10.7 Å². The molecule has 0 bridgehead atoms. The number of hydrogen-bond acceptors (Lipinski definition) is 1. The summed E-state index contributed by atoms with van der Waals surface area (Å²) < 4.78 is 37.3. The predicted octanol–water partition coefficient (Wildman–Crippen LogP) is 3.82. The lowest BCUT2D eigenvalue weighted by molar-refractivity contribution is 0.140. The van der Waals surface area contributed by atoms with Gasteiger partial charge in [-0.1, -0.05) is 15.9 Å². The Morgan fingerprint density at radius 1 is 1.46 bits per heavy atom. The van der Waals surface area contributed by atoms with Crippen molar-refractivity contribution in [1.29, 1.82) is 0 Å². The monoisotopic (exact) mass is 317 g/mol. The van der Waals surface area contributed by atoms with E-state index in [1.54, 1.807) is 0 Å². The Kier molecular flexibility index (Phi) is 3.73. The van der Waals surface area contributed by atoms with Crippen LogP contribution in [0.5, 0.6) is 0 Å². The van der Waals surface area contributed by atoms with Gasteiger partial charge in [0.25, 0.3) is 6.43 Å². The lowest BCUT2D eigenvalue weighted by Crippen LogP contribution is -1.98. The summed E-state index contributed by atoms with van der Waals surface area (Å²) in [6.45, 7) is 0. The molecule has 0 amide bonds. The first kappa shape index (κ1) is 11.0. The van der Waals surface area contributed by atoms with E-state index < -0.39 is 17.9 Å². The van der Waals surface area contributed by atoms with E-state index in [0.717, 1.165) is 6.07 Å². The SMILES string of the molecule is Fc1cc(CBr)c(Br)nc1C(F)F. The average Bonchev–Trinajstić information content (AvgIpc) is 2.07. The Bertz CT molecular complexity index is 317. The van der Waals surface area contributed by atoms with Gasteiger partial charge in [-0.05, 0) is 27.6 Å². The zero-order valence-electron chi connectivity index (χ0n) is 6.20. The second-order valence-electron chi connectivity index (χ2n) is 2.24. The fourth-order valence-electron chi connectivity index (χ4n) is 0.764. The summed E-state index contributed by atoms with van der Waals surface area (Å²) in [4.78, 5) is 3.40. The fourth-order valence-corrected chi connectivity index (χ4v) is 2.01. The second-order valence-corrected chi connectivity index (χ2v) is 3.55. The van der Waals surface area contributed by atoms with Gasteiger partial charge in [-0.25, -0.2) is 18.2 Å². The third-order valence-corrected chi connectivity index (χ3v) is 2.67. The Labute approximate surface area is 89.6 Å². The number of halogens is 5. The second kappa shape index (κ2) is 4.41. The molecule has 1 aromatic rings. The molecule has 0 aliphatic carbocycles. The van der Waals surface area contributed by atoms with E-state index in [2.05, 4.69) is 36.8 Å². The van der Waals surface area contributed by atoms with Crippen molar-refractivity contribution >= 4 is 31.9 Å². The smallest absolute Gasteiger partial charge is 0.236 e. The van der Waals surface area contributed by atoms with Gasteiger partial charge in [-0.3, -0.25) is 0 Å². The molecule has 0 spiro atoms. The molecular weight excluding hydrogens is 315 g/mol. The minimum absolute atomic E-state index is 0.237. The Balaban J connectivity index is 3.20. The topological polar surface area (TPSA) is 12.9 Å². The van der Waals surface area contributed by atoms with Gasteiger partial charge >= 0.3 is 0 Å². The molecule has 6 heteroatoms. The van der Waals surface area contributed by atoms with Crippen LogP contribution in [-0.2, 0) is 5.33 Å². The average molecular weight is 319 g/mol. The number of aromatic nitrogens is 1. The molecule has 1 heterocycles. The summed E-state index contributed by atoms with van der Waals surface area (Å²) in [6, 6.07) is 1.04. The minimum atomic E-state index is -2.89. The minimum Gasteiger partial charge on any atom is -0.236 e. The highest BCUT2D eigenvalue weighted by molar-refractivity contribution is 9.10. The standard InChI is InChI=1S/C7H4Br2F3N/c8-2-3-1-4(10)5(7(11)12)13-6(3)9/h1,7H,2H2. The van der Waals surface area contributed by atoms with Crippen LogP contribution >= 0.6 is 31.9 Å². The Morgan fingerprint density at radius 3 is 2.54 bits per heavy atom. The van der Waals surface area contributed by atoms with Gasteiger partial charge in [0.2, 0.25) is 0 Å². The molecule has 1 rings (SSSR count). The van der Waals surface area contributed by atoms with Gasteiger partial charge < -0.3 is 0 Å². The van der Waals surface area contributed by atoms with Gasteiger partial charge in [-0.2, -0.15) is 0 Å². The Hall–Kier alpha value is -0.100. The van der Waals surface area contributed by atoms with Crippen molar-refractivity contribution in [3.05, 3.63) is 27.7 Å². The highest BCUT2D eigenvalue weighted by Crippen LogP contribution is 2.25. The number of rotatable bonds is 2. The summed E-state index contributed by atoms with van der Waals surface area (Å²) in [5, 5.41) is 0.362. The summed E-state index contributed by atoms with van der Waals surface area (Å²) in [5.74, 6) is -0.979. The number of pyridine rings is 1. The lowest BCUT2D eigenvalue weighted by atomic mass is 10.2. The van der Waals surface area contributed by atoms with Crippen molar-refractivity contribution in [2.24, 2.45) is 0 Å². The predicted molar refractivity (Wildman–Crippen MR) is 49.5 cm³/mol. The summed E-state index contributed by atoms with van der Waals surface area (Å²) in [7, 11) is 0. The first-order chi connectivity index (χ1) is 6.06. The zero-order valence-corrected chi connectivity index (χ0v) is 9.37. The third kappa shape index (κ3) is 2.43. The molecule has 0 saturated heterocycles. The maximum Gasteiger partial charge on any atom is 0.283 e. The first-order valence-electron chi connectivity index (χ1n) is 3.25. The van der Waals surface area contributed by atoms with Gasteiger partial charge in [0, 0.05) is 5.33 Å². The normalized spacial score (nSPS) is 10.9. The van der Waals surface area contributed by atoms with Crippen molar-refractivity contribution in [2.45, 2.75) is 11.8 Å². The van der Waals surface area contributed by atoms with E-state index in [4.69, 9.17) is 0 Å². The number of alkyl halides is 3. The van der Waals surface area contributed by atoms with Crippen LogP contribution in [0.4, 0.5) is 13.2 Å². The van der Waals surface area contributed by atoms with E-state index in [1.165, 1.54) is 0 Å². The van der Waals surface area contributed by atoms with Crippen LogP contribution < -0.4 is 0 Å². The van der Waals surface area contributed by atoms with E-state index >= 15 is 0 Å². The molecule has 13 heavy (non-hydrogen) atoms. The molecule has 1 nitrogen and oxygen atoms in total. The van der Waals surface area contributed by atoms with Crippen molar-refractivity contribution < 1.29 is 13.2 Å². The maximum absolute atomic E-state index is 12.9. The van der Waals surface area contributed by atoms with Gasteiger partial charge in [-0.15, -0.1) is 0 Å². The van der Waals surface area contributed by atoms with Gasteiger partial charge in [0.05, 0.1) is 0 Å². The quantitative estimate of drug-likeness (QED) is 0.597. The summed E-state index contributed by atoms with van der Waals surface area (Å²) >= 11 is 6.05. The highest BCUT2D eigenvalue weighted by Gasteiger charge is 2.17. The van der Waals surface area contributed by atoms with Crippen LogP contribution in [0.2, 0.25) is 0 Å². The Morgan fingerprint density at radius 2 is 2.08 bits per heavy atom. The highest BCUT2D eigenvalue weighted by atomic mass is 79.9. The molecule has 0 radical (unpaired) electrons. The van der Waals surface area contributed by atoms with Crippen molar-refractivity contribution in [2.75, 3.05) is 0 Å². The van der Waals surface area contributed by atoms with Crippen LogP contribution in [-0.4, -0.2) is 4.98 Å². The molecule has 72 valence electrons. The fraction of sp³-hybridized carbons (Fsp3) is 0.286. The van der Waals surface area contributed by atoms with E-state index in [1.807, 2.05) is 0 Å². The van der Waals surface area contributed by atoms with Crippen LogP contribution in [0.1, 0.15) is 17.7 Å². The molecule has 0 aliphatic rings. The number of hydrogen-bond donors (Lipinski definition) is 0. The van der Waals surface area contributed by atoms with E-state index in [9.17, 15) is 13.2 Å². The molecule has 0 fully saturated rings. The largest absolute Gasteiger partial charge is 0.283 e. The molecule has 0 unspecified atom stereocenters. The molecule has 0 saturated carbocycles. The lowest BCUT2D eigenvalue weighted by Gasteiger charge is -2.04. The van der Waals surface area contributed by atoms with Crippen LogP contribution in [0.3, 0.4) is 0 Å². The molecule has 0 aromatic carbocycles. The van der Waals surface area contributed by atoms with Crippen molar-refractivity contribution in [3.8, 4) is 0 Å². The maximum atomic E-state index is 12.9.